The molecule has 0 saturated carbocycles. The van der Waals surface area contributed by atoms with Crippen molar-refractivity contribution in [2.75, 3.05) is 16.4 Å². The van der Waals surface area contributed by atoms with Crippen LogP contribution in [0.1, 0.15) is 16.1 Å². The van der Waals surface area contributed by atoms with Crippen LogP contribution in [-0.4, -0.2) is 27.5 Å². The van der Waals surface area contributed by atoms with E-state index in [-0.39, 0.29) is 22.0 Å². The van der Waals surface area contributed by atoms with Crippen molar-refractivity contribution < 1.29 is 32.1 Å². The first-order valence-electron chi connectivity index (χ1n) is 9.35. The van der Waals surface area contributed by atoms with E-state index >= 15 is 0 Å². The summed E-state index contributed by atoms with van der Waals surface area (Å²) in [6, 6.07) is 9.85. The van der Waals surface area contributed by atoms with Crippen molar-refractivity contribution in [2.24, 2.45) is 0 Å². The third-order valence-electron chi connectivity index (χ3n) is 4.24. The average Bonchev–Trinajstić information content (AvgIpc) is 2.79. The zero-order valence-electron chi connectivity index (χ0n) is 16.9. The number of nitro benzene ring substituents is 1. The Kier molecular flexibility index (Phi) is 7.46. The number of carbonyl (C=O) groups is 2. The molecule has 0 saturated heterocycles. The zero-order valence-corrected chi connectivity index (χ0v) is 17.7. The van der Waals surface area contributed by atoms with Crippen molar-refractivity contribution in [2.45, 2.75) is 11.1 Å². The Balaban J connectivity index is 1.73. The molecule has 0 radical (unpaired) electrons. The summed E-state index contributed by atoms with van der Waals surface area (Å²) in [5.41, 5.74) is -1.94. The SMILES string of the molecule is O=C(CSc1ccc(C(F)(F)F)cc1[N+](=O)[O-])Nc1cc(F)ccc1NC(=O)c1ccccn1. The summed E-state index contributed by atoms with van der Waals surface area (Å²) in [5, 5.41) is 16.0. The molecule has 3 rings (SSSR count). The molecule has 0 bridgehead atoms. The van der Waals surface area contributed by atoms with E-state index in [4.69, 9.17) is 0 Å². The molecule has 0 spiro atoms. The van der Waals surface area contributed by atoms with Crippen LogP contribution in [0.15, 0.2) is 65.7 Å². The second kappa shape index (κ2) is 10.3. The van der Waals surface area contributed by atoms with Crippen LogP contribution in [0, 0.1) is 15.9 Å². The molecule has 13 heteroatoms. The number of hydrogen-bond acceptors (Lipinski definition) is 6. The second-order valence-corrected chi connectivity index (χ2v) is 7.65. The van der Waals surface area contributed by atoms with E-state index in [1.165, 1.54) is 18.3 Å². The van der Waals surface area contributed by atoms with E-state index in [1.54, 1.807) is 12.1 Å². The van der Waals surface area contributed by atoms with Gasteiger partial charge in [0.15, 0.2) is 0 Å². The predicted molar refractivity (Wildman–Crippen MR) is 116 cm³/mol. The van der Waals surface area contributed by atoms with Gasteiger partial charge in [0.05, 0.1) is 32.5 Å². The molecule has 1 heterocycles. The number of anilines is 2. The summed E-state index contributed by atoms with van der Waals surface area (Å²) in [6.07, 6.45) is -3.36. The Morgan fingerprint density at radius 1 is 1.03 bits per heavy atom. The van der Waals surface area contributed by atoms with E-state index in [9.17, 15) is 37.3 Å². The highest BCUT2D eigenvalue weighted by molar-refractivity contribution is 8.00. The highest BCUT2D eigenvalue weighted by Crippen LogP contribution is 2.36. The molecule has 34 heavy (non-hydrogen) atoms. The smallest absolute Gasteiger partial charge is 0.323 e. The Morgan fingerprint density at radius 3 is 2.44 bits per heavy atom. The maximum absolute atomic E-state index is 13.7. The van der Waals surface area contributed by atoms with Crippen LogP contribution in [0.2, 0.25) is 0 Å². The molecule has 176 valence electrons. The molecule has 1 aromatic heterocycles. The summed E-state index contributed by atoms with van der Waals surface area (Å²) in [6.45, 7) is 0. The van der Waals surface area contributed by atoms with Gasteiger partial charge in [0.25, 0.3) is 11.6 Å². The molecule has 3 aromatic rings. The summed E-state index contributed by atoms with van der Waals surface area (Å²) in [7, 11) is 0. The minimum absolute atomic E-state index is 0.0657. The maximum Gasteiger partial charge on any atom is 0.416 e. The lowest BCUT2D eigenvalue weighted by Gasteiger charge is -2.13. The lowest BCUT2D eigenvalue weighted by atomic mass is 10.2. The number of rotatable bonds is 7. The predicted octanol–water partition coefficient (Wildman–Crippen LogP) is 5.13. The van der Waals surface area contributed by atoms with Gasteiger partial charge >= 0.3 is 6.18 Å². The molecule has 8 nitrogen and oxygen atoms in total. The number of alkyl halides is 3. The molecule has 2 N–H and O–H groups in total. The number of halogens is 4. The number of amides is 2. The van der Waals surface area contributed by atoms with Gasteiger partial charge in [0.1, 0.15) is 11.5 Å². The molecule has 2 amide bonds. The molecule has 0 fully saturated rings. The van der Waals surface area contributed by atoms with Gasteiger partial charge in [0.2, 0.25) is 5.91 Å². The van der Waals surface area contributed by atoms with Crippen LogP contribution in [0.4, 0.5) is 34.6 Å². The Morgan fingerprint density at radius 2 is 1.79 bits per heavy atom. The van der Waals surface area contributed by atoms with Gasteiger partial charge in [-0.15, -0.1) is 11.8 Å². The van der Waals surface area contributed by atoms with Gasteiger partial charge in [-0.1, -0.05) is 6.07 Å². The van der Waals surface area contributed by atoms with Crippen LogP contribution in [-0.2, 0) is 11.0 Å². The number of hydrogen-bond donors (Lipinski definition) is 2. The van der Waals surface area contributed by atoms with Gasteiger partial charge in [0, 0.05) is 12.3 Å². The Labute approximate surface area is 193 Å². The summed E-state index contributed by atoms with van der Waals surface area (Å²) < 4.78 is 52.2. The quantitative estimate of drug-likeness (QED) is 0.204. The van der Waals surface area contributed by atoms with Crippen LogP contribution in [0.3, 0.4) is 0 Å². The summed E-state index contributed by atoms with van der Waals surface area (Å²) in [4.78, 5) is 38.6. The first-order chi connectivity index (χ1) is 16.0. The number of nitrogens with zero attached hydrogens (tertiary/aromatic N) is 2. The van der Waals surface area contributed by atoms with Gasteiger partial charge in [-0.2, -0.15) is 13.2 Å². The molecular weight excluding hydrogens is 480 g/mol. The third kappa shape index (κ3) is 6.28. The number of carbonyl (C=O) groups excluding carboxylic acids is 2. The molecule has 0 unspecified atom stereocenters. The highest BCUT2D eigenvalue weighted by atomic mass is 32.2. The van der Waals surface area contributed by atoms with E-state index in [2.05, 4.69) is 15.6 Å². The standard InChI is InChI=1S/C21H14F4N4O4S/c22-13-5-6-14(28-20(31)15-3-1-2-8-26-15)16(10-13)27-19(30)11-34-18-7-4-12(21(23,24)25)9-17(18)29(32)33/h1-10H,11H2,(H,27,30)(H,28,31). The van der Waals surface area contributed by atoms with E-state index < -0.39 is 45.7 Å². The van der Waals surface area contributed by atoms with Gasteiger partial charge < -0.3 is 10.6 Å². The molecule has 0 aliphatic carbocycles. The van der Waals surface area contributed by atoms with Crippen molar-refractivity contribution in [3.8, 4) is 0 Å². The minimum Gasteiger partial charge on any atom is -0.323 e. The fourth-order valence-electron chi connectivity index (χ4n) is 2.70. The summed E-state index contributed by atoms with van der Waals surface area (Å²) in [5.74, 6) is -2.50. The molecule has 0 aliphatic heterocycles. The van der Waals surface area contributed by atoms with Gasteiger partial charge in [-0.25, -0.2) is 4.39 Å². The Bertz CT molecular complexity index is 1240. The molecule has 0 aliphatic rings. The van der Waals surface area contributed by atoms with E-state index in [0.29, 0.717) is 23.9 Å². The number of aromatic nitrogens is 1. The number of nitro groups is 1. The molecule has 0 atom stereocenters. The van der Waals surface area contributed by atoms with Crippen molar-refractivity contribution in [1.82, 2.24) is 4.98 Å². The van der Waals surface area contributed by atoms with Crippen molar-refractivity contribution in [3.63, 3.8) is 0 Å². The molecular formula is C21H14F4N4O4S. The van der Waals surface area contributed by atoms with E-state index in [1.807, 2.05) is 0 Å². The van der Waals surface area contributed by atoms with Gasteiger partial charge in [-0.3, -0.25) is 24.7 Å². The monoisotopic (exact) mass is 494 g/mol. The normalized spacial score (nSPS) is 11.1. The summed E-state index contributed by atoms with van der Waals surface area (Å²) >= 11 is 0.631. The minimum atomic E-state index is -4.77. The topological polar surface area (TPSA) is 114 Å². The lowest BCUT2D eigenvalue weighted by Crippen LogP contribution is -2.18. The van der Waals surface area contributed by atoms with Crippen LogP contribution in [0.25, 0.3) is 0 Å². The third-order valence-corrected chi connectivity index (χ3v) is 5.31. The van der Waals surface area contributed by atoms with Crippen molar-refractivity contribution in [3.05, 3.63) is 88.0 Å². The fourth-order valence-corrected chi connectivity index (χ4v) is 3.50. The first-order valence-corrected chi connectivity index (χ1v) is 10.3. The lowest BCUT2D eigenvalue weighted by molar-refractivity contribution is -0.388. The highest BCUT2D eigenvalue weighted by Gasteiger charge is 2.33. The van der Waals surface area contributed by atoms with Crippen molar-refractivity contribution >= 4 is 40.6 Å². The molecule has 2 aromatic carbocycles. The average molecular weight is 494 g/mol. The first kappa shape index (κ1) is 24.6. The largest absolute Gasteiger partial charge is 0.416 e. The van der Waals surface area contributed by atoms with Crippen LogP contribution in [0.5, 0.6) is 0 Å². The Hall–Kier alpha value is -4.00. The zero-order chi connectivity index (χ0) is 24.9. The maximum atomic E-state index is 13.7. The fraction of sp³-hybridized carbons (Fsp3) is 0.0952. The van der Waals surface area contributed by atoms with Crippen LogP contribution < -0.4 is 10.6 Å². The van der Waals surface area contributed by atoms with Gasteiger partial charge in [-0.05, 0) is 42.5 Å². The van der Waals surface area contributed by atoms with Crippen LogP contribution >= 0.6 is 11.8 Å². The number of thioether (sulfide) groups is 1. The number of nitrogens with one attached hydrogen (secondary N) is 2. The van der Waals surface area contributed by atoms with Crippen molar-refractivity contribution in [1.29, 1.82) is 0 Å². The number of benzene rings is 2. The van der Waals surface area contributed by atoms with E-state index in [0.717, 1.165) is 18.2 Å². The second-order valence-electron chi connectivity index (χ2n) is 6.63. The number of pyridine rings is 1.